The molecule has 1 fully saturated rings. The van der Waals surface area contributed by atoms with Crippen molar-refractivity contribution in [3.8, 4) is 0 Å². The lowest BCUT2D eigenvalue weighted by atomic mass is 10.3. The largest absolute Gasteiger partial charge is 0.480 e. The summed E-state index contributed by atoms with van der Waals surface area (Å²) in [5.41, 5.74) is 0. The molecule has 0 aromatic carbocycles. The normalized spacial score (nSPS) is 14.6. The molecule has 0 aliphatic carbocycles. The van der Waals surface area contributed by atoms with Crippen LogP contribution < -0.4 is 0 Å². The molecule has 0 radical (unpaired) electrons. The maximum Gasteiger partial charge on any atom is 0.323 e. The van der Waals surface area contributed by atoms with Crippen molar-refractivity contribution in [1.82, 2.24) is 9.80 Å². The molecule has 1 saturated heterocycles. The van der Waals surface area contributed by atoms with E-state index in [0.29, 0.717) is 0 Å². The Morgan fingerprint density at radius 3 is 2.37 bits per heavy atom. The van der Waals surface area contributed by atoms with Crippen molar-refractivity contribution >= 4 is 23.7 Å². The zero-order valence-electron chi connectivity index (χ0n) is 10.5. The highest BCUT2D eigenvalue weighted by atomic mass is 16.4. The SMILES string of the molecule is C=CCN(CC(=O)O)C(=O)CCN1C(=O)CCC1=O. The highest BCUT2D eigenvalue weighted by Gasteiger charge is 2.29. The topological polar surface area (TPSA) is 95.0 Å². The van der Waals surface area contributed by atoms with E-state index in [0.717, 1.165) is 9.80 Å². The Kier molecular flexibility index (Phi) is 5.23. The quantitative estimate of drug-likeness (QED) is 0.502. The van der Waals surface area contributed by atoms with Crippen molar-refractivity contribution < 1.29 is 24.3 Å². The minimum absolute atomic E-state index is 0.00373. The second-order valence-corrected chi connectivity index (χ2v) is 4.15. The van der Waals surface area contributed by atoms with E-state index >= 15 is 0 Å². The average molecular weight is 268 g/mol. The number of hydrogen-bond acceptors (Lipinski definition) is 4. The van der Waals surface area contributed by atoms with Crippen molar-refractivity contribution in [3.63, 3.8) is 0 Å². The average Bonchev–Trinajstić information content (AvgIpc) is 2.65. The molecule has 104 valence electrons. The number of carboxylic acid groups (broad SMARTS) is 1. The molecular weight excluding hydrogens is 252 g/mol. The van der Waals surface area contributed by atoms with Gasteiger partial charge in [-0.2, -0.15) is 0 Å². The zero-order valence-corrected chi connectivity index (χ0v) is 10.5. The van der Waals surface area contributed by atoms with E-state index < -0.39 is 18.4 Å². The van der Waals surface area contributed by atoms with Gasteiger partial charge in [-0.15, -0.1) is 6.58 Å². The number of nitrogens with zero attached hydrogens (tertiary/aromatic N) is 2. The first-order valence-electron chi connectivity index (χ1n) is 5.89. The van der Waals surface area contributed by atoms with Crippen LogP contribution in [0, 0.1) is 0 Å². The fourth-order valence-corrected chi connectivity index (χ4v) is 1.81. The Morgan fingerprint density at radius 1 is 1.32 bits per heavy atom. The molecule has 0 aromatic heterocycles. The summed E-state index contributed by atoms with van der Waals surface area (Å²) >= 11 is 0. The standard InChI is InChI=1S/C12H16N2O5/c1-2-6-13(8-12(18)19)9(15)5-7-14-10(16)3-4-11(14)17/h2H,1,3-8H2,(H,18,19). The summed E-state index contributed by atoms with van der Waals surface area (Å²) in [6, 6.07) is 0. The number of aliphatic carboxylic acids is 1. The fraction of sp³-hybridized carbons (Fsp3) is 0.500. The predicted molar refractivity (Wildman–Crippen MR) is 65.0 cm³/mol. The van der Waals surface area contributed by atoms with Crippen LogP contribution in [0.1, 0.15) is 19.3 Å². The Labute approximate surface area is 110 Å². The summed E-state index contributed by atoms with van der Waals surface area (Å²) in [6.07, 6.45) is 1.71. The van der Waals surface area contributed by atoms with Crippen LogP contribution in [0.15, 0.2) is 12.7 Å². The molecule has 1 aliphatic heterocycles. The summed E-state index contributed by atoms with van der Waals surface area (Å²) < 4.78 is 0. The fourth-order valence-electron chi connectivity index (χ4n) is 1.81. The van der Waals surface area contributed by atoms with Gasteiger partial charge >= 0.3 is 5.97 Å². The number of rotatable bonds is 7. The number of likely N-dealkylation sites (tertiary alicyclic amines) is 1. The van der Waals surface area contributed by atoms with Crippen LogP contribution in [0.4, 0.5) is 0 Å². The summed E-state index contributed by atoms with van der Waals surface area (Å²) in [4.78, 5) is 47.2. The van der Waals surface area contributed by atoms with E-state index in [4.69, 9.17) is 5.11 Å². The smallest absolute Gasteiger partial charge is 0.323 e. The van der Waals surface area contributed by atoms with Crippen molar-refractivity contribution in [1.29, 1.82) is 0 Å². The molecule has 1 rings (SSSR count). The first-order chi connectivity index (χ1) is 8.95. The summed E-state index contributed by atoms with van der Waals surface area (Å²) in [5, 5.41) is 8.68. The van der Waals surface area contributed by atoms with Crippen molar-refractivity contribution in [3.05, 3.63) is 12.7 Å². The van der Waals surface area contributed by atoms with Gasteiger partial charge in [0.25, 0.3) is 0 Å². The second kappa shape index (κ2) is 6.67. The first kappa shape index (κ1) is 14.9. The van der Waals surface area contributed by atoms with Crippen LogP contribution in [0.3, 0.4) is 0 Å². The van der Waals surface area contributed by atoms with Gasteiger partial charge in [0.15, 0.2) is 0 Å². The number of imide groups is 1. The predicted octanol–water partition coefficient (Wildman–Crippen LogP) is -0.375. The van der Waals surface area contributed by atoms with E-state index in [1.165, 1.54) is 6.08 Å². The number of amides is 3. The Morgan fingerprint density at radius 2 is 1.89 bits per heavy atom. The van der Waals surface area contributed by atoms with E-state index in [1.54, 1.807) is 0 Å². The molecule has 3 amide bonds. The third-order valence-electron chi connectivity index (χ3n) is 2.73. The molecule has 0 spiro atoms. The van der Waals surface area contributed by atoms with Gasteiger partial charge in [0.1, 0.15) is 6.54 Å². The van der Waals surface area contributed by atoms with Crippen molar-refractivity contribution in [2.45, 2.75) is 19.3 Å². The lowest BCUT2D eigenvalue weighted by molar-refractivity contribution is -0.145. The number of carbonyl (C=O) groups excluding carboxylic acids is 3. The molecule has 0 bridgehead atoms. The summed E-state index contributed by atoms with van der Waals surface area (Å²) in [6.45, 7) is 3.14. The minimum atomic E-state index is -1.12. The van der Waals surface area contributed by atoms with Gasteiger partial charge in [-0.1, -0.05) is 6.08 Å². The third kappa shape index (κ3) is 4.20. The van der Waals surface area contributed by atoms with E-state index in [2.05, 4.69) is 6.58 Å². The molecule has 1 N–H and O–H groups in total. The summed E-state index contributed by atoms with van der Waals surface area (Å²) in [5.74, 6) is -2.11. The minimum Gasteiger partial charge on any atom is -0.480 e. The number of carbonyl (C=O) groups is 4. The van der Waals surface area contributed by atoms with Crippen LogP contribution >= 0.6 is 0 Å². The lowest BCUT2D eigenvalue weighted by Gasteiger charge is -2.20. The maximum absolute atomic E-state index is 11.8. The lowest BCUT2D eigenvalue weighted by Crippen LogP contribution is -2.39. The van der Waals surface area contributed by atoms with Crippen molar-refractivity contribution in [2.75, 3.05) is 19.6 Å². The van der Waals surface area contributed by atoms with Crippen molar-refractivity contribution in [2.24, 2.45) is 0 Å². The molecule has 0 unspecified atom stereocenters. The number of carboxylic acids is 1. The van der Waals surface area contributed by atoms with Gasteiger partial charge in [-0.05, 0) is 0 Å². The van der Waals surface area contributed by atoms with Crippen LogP contribution in [-0.4, -0.2) is 58.2 Å². The van der Waals surface area contributed by atoms with Gasteiger partial charge in [-0.25, -0.2) is 0 Å². The van der Waals surface area contributed by atoms with Gasteiger partial charge in [0.2, 0.25) is 17.7 Å². The molecule has 7 nitrogen and oxygen atoms in total. The molecule has 1 heterocycles. The Balaban J connectivity index is 2.52. The molecule has 7 heteroatoms. The second-order valence-electron chi connectivity index (χ2n) is 4.15. The van der Waals surface area contributed by atoms with Gasteiger partial charge in [-0.3, -0.25) is 24.1 Å². The molecule has 0 atom stereocenters. The van der Waals surface area contributed by atoms with E-state index in [1.807, 2.05) is 0 Å². The molecular formula is C12H16N2O5. The van der Waals surface area contributed by atoms with Gasteiger partial charge in [0, 0.05) is 32.4 Å². The summed E-state index contributed by atoms with van der Waals surface area (Å²) in [7, 11) is 0. The first-order valence-corrected chi connectivity index (χ1v) is 5.89. The van der Waals surface area contributed by atoms with Gasteiger partial charge in [0.05, 0.1) is 0 Å². The Hall–Kier alpha value is -2.18. The molecule has 0 aromatic rings. The van der Waals surface area contributed by atoms with Gasteiger partial charge < -0.3 is 10.0 Å². The van der Waals surface area contributed by atoms with Crippen LogP contribution in [0.5, 0.6) is 0 Å². The molecule has 19 heavy (non-hydrogen) atoms. The highest BCUT2D eigenvalue weighted by molar-refractivity contribution is 6.02. The molecule has 1 aliphatic rings. The maximum atomic E-state index is 11.8. The van der Waals surface area contributed by atoms with Crippen LogP contribution in [-0.2, 0) is 19.2 Å². The zero-order chi connectivity index (χ0) is 14.4. The third-order valence-corrected chi connectivity index (χ3v) is 2.73. The highest BCUT2D eigenvalue weighted by Crippen LogP contribution is 2.12. The van der Waals surface area contributed by atoms with E-state index in [-0.39, 0.29) is 44.2 Å². The van der Waals surface area contributed by atoms with E-state index in [9.17, 15) is 19.2 Å². The number of hydrogen-bond donors (Lipinski definition) is 1. The van der Waals surface area contributed by atoms with Crippen LogP contribution in [0.2, 0.25) is 0 Å². The Bertz CT molecular complexity index is 402. The van der Waals surface area contributed by atoms with Crippen LogP contribution in [0.25, 0.3) is 0 Å². The molecule has 0 saturated carbocycles. The monoisotopic (exact) mass is 268 g/mol.